The summed E-state index contributed by atoms with van der Waals surface area (Å²) in [6.07, 6.45) is 0.852. The zero-order valence-electron chi connectivity index (χ0n) is 9.40. The van der Waals surface area contributed by atoms with Crippen molar-refractivity contribution in [3.05, 3.63) is 29.1 Å². The molecule has 86 valence electrons. The summed E-state index contributed by atoms with van der Waals surface area (Å²) in [6.45, 7) is 4.24. The first-order valence-corrected chi connectivity index (χ1v) is 5.76. The van der Waals surface area contributed by atoms with Gasteiger partial charge in [0.2, 0.25) is 5.89 Å². The molecule has 1 aromatic carbocycles. The molecule has 2 rings (SSSR count). The Morgan fingerprint density at radius 3 is 2.81 bits per heavy atom. The van der Waals surface area contributed by atoms with Crippen LogP contribution in [0.5, 0.6) is 0 Å². The Kier molecular flexibility index (Phi) is 3.17. The van der Waals surface area contributed by atoms with Crippen LogP contribution in [0.15, 0.2) is 22.6 Å². The minimum atomic E-state index is -0.163. The second kappa shape index (κ2) is 4.44. The number of halogens is 1. The molecule has 0 aliphatic carbocycles. The minimum absolute atomic E-state index is 0.163. The van der Waals surface area contributed by atoms with Gasteiger partial charge in [0.05, 0.1) is 11.1 Å². The fourth-order valence-corrected chi connectivity index (χ4v) is 1.91. The van der Waals surface area contributed by atoms with Gasteiger partial charge in [-0.05, 0) is 24.5 Å². The summed E-state index contributed by atoms with van der Waals surface area (Å²) in [5.41, 5.74) is 7.40. The molecule has 0 bridgehead atoms. The zero-order chi connectivity index (χ0) is 11.7. The molecule has 1 aromatic heterocycles. The Labute approximate surface area is 99.6 Å². The molecule has 4 heteroatoms. The van der Waals surface area contributed by atoms with Gasteiger partial charge in [-0.15, -0.1) is 0 Å². The van der Waals surface area contributed by atoms with E-state index in [1.807, 2.05) is 12.1 Å². The van der Waals surface area contributed by atoms with Gasteiger partial charge in [-0.3, -0.25) is 0 Å². The Balaban J connectivity index is 2.36. The maximum atomic E-state index is 6.01. The SMILES string of the molecule is CC(C)C[C@@H](N)c1nc2cccc(Cl)c2o1. The van der Waals surface area contributed by atoms with Crippen LogP contribution in [0.4, 0.5) is 0 Å². The standard InChI is InChI=1S/C12H15ClN2O/c1-7(2)6-9(14)12-15-10-5-3-4-8(13)11(10)16-12/h3-5,7,9H,6,14H2,1-2H3/t9-/m1/s1. The number of nitrogens with two attached hydrogens (primary N) is 1. The topological polar surface area (TPSA) is 52.0 Å². The Morgan fingerprint density at radius 1 is 1.44 bits per heavy atom. The van der Waals surface area contributed by atoms with Crippen LogP contribution in [0.1, 0.15) is 32.2 Å². The molecular formula is C12H15ClN2O. The van der Waals surface area contributed by atoms with E-state index in [-0.39, 0.29) is 6.04 Å². The number of para-hydroxylation sites is 1. The quantitative estimate of drug-likeness (QED) is 0.890. The molecule has 0 aliphatic rings. The fraction of sp³-hybridized carbons (Fsp3) is 0.417. The lowest BCUT2D eigenvalue weighted by atomic mass is 10.0. The van der Waals surface area contributed by atoms with Gasteiger partial charge in [-0.1, -0.05) is 31.5 Å². The van der Waals surface area contributed by atoms with Gasteiger partial charge in [0.1, 0.15) is 5.52 Å². The van der Waals surface area contributed by atoms with E-state index in [2.05, 4.69) is 18.8 Å². The maximum Gasteiger partial charge on any atom is 0.212 e. The van der Waals surface area contributed by atoms with E-state index < -0.39 is 0 Å². The molecule has 2 aromatic rings. The van der Waals surface area contributed by atoms with Crippen LogP contribution in [0.2, 0.25) is 5.02 Å². The van der Waals surface area contributed by atoms with E-state index >= 15 is 0 Å². The molecule has 0 spiro atoms. The second-order valence-corrected chi connectivity index (χ2v) is 4.78. The van der Waals surface area contributed by atoms with E-state index in [9.17, 15) is 0 Å². The molecular weight excluding hydrogens is 224 g/mol. The molecule has 0 unspecified atom stereocenters. The highest BCUT2D eigenvalue weighted by atomic mass is 35.5. The first-order chi connectivity index (χ1) is 7.58. The van der Waals surface area contributed by atoms with Gasteiger partial charge < -0.3 is 10.2 Å². The van der Waals surface area contributed by atoms with Crippen molar-refractivity contribution in [2.75, 3.05) is 0 Å². The maximum absolute atomic E-state index is 6.01. The highest BCUT2D eigenvalue weighted by Crippen LogP contribution is 2.27. The summed E-state index contributed by atoms with van der Waals surface area (Å²) in [4.78, 5) is 4.35. The van der Waals surface area contributed by atoms with Crippen molar-refractivity contribution >= 4 is 22.7 Å². The summed E-state index contributed by atoms with van der Waals surface area (Å²) in [7, 11) is 0. The number of aromatic nitrogens is 1. The third-order valence-electron chi connectivity index (χ3n) is 2.43. The van der Waals surface area contributed by atoms with Gasteiger partial charge in [0.15, 0.2) is 5.58 Å². The van der Waals surface area contributed by atoms with E-state index in [0.717, 1.165) is 11.9 Å². The van der Waals surface area contributed by atoms with E-state index in [1.165, 1.54) is 0 Å². The molecule has 0 saturated carbocycles. The predicted molar refractivity (Wildman–Crippen MR) is 65.4 cm³/mol. The van der Waals surface area contributed by atoms with Crippen LogP contribution >= 0.6 is 11.6 Å². The van der Waals surface area contributed by atoms with Crippen molar-refractivity contribution in [3.8, 4) is 0 Å². The lowest BCUT2D eigenvalue weighted by Gasteiger charge is -2.09. The Bertz CT molecular complexity index is 493. The van der Waals surface area contributed by atoms with Crippen LogP contribution in [0.3, 0.4) is 0 Å². The van der Waals surface area contributed by atoms with Crippen molar-refractivity contribution in [1.29, 1.82) is 0 Å². The Hall–Kier alpha value is -1.06. The van der Waals surface area contributed by atoms with Gasteiger partial charge >= 0.3 is 0 Å². The largest absolute Gasteiger partial charge is 0.437 e. The van der Waals surface area contributed by atoms with E-state index in [4.69, 9.17) is 21.8 Å². The van der Waals surface area contributed by atoms with Crippen LogP contribution < -0.4 is 5.73 Å². The number of hydrogen-bond donors (Lipinski definition) is 1. The number of benzene rings is 1. The molecule has 0 radical (unpaired) electrons. The molecule has 16 heavy (non-hydrogen) atoms. The summed E-state index contributed by atoms with van der Waals surface area (Å²) < 4.78 is 5.59. The minimum Gasteiger partial charge on any atom is -0.437 e. The molecule has 1 atom stereocenters. The van der Waals surface area contributed by atoms with Crippen LogP contribution in [0.25, 0.3) is 11.1 Å². The number of fused-ring (bicyclic) bond motifs is 1. The average molecular weight is 239 g/mol. The van der Waals surface area contributed by atoms with Crippen LogP contribution in [-0.4, -0.2) is 4.98 Å². The summed E-state index contributed by atoms with van der Waals surface area (Å²) in [6, 6.07) is 5.34. The van der Waals surface area contributed by atoms with Crippen LogP contribution in [-0.2, 0) is 0 Å². The third-order valence-corrected chi connectivity index (χ3v) is 2.72. The zero-order valence-corrected chi connectivity index (χ0v) is 10.2. The average Bonchev–Trinajstić information content (AvgIpc) is 2.61. The predicted octanol–water partition coefficient (Wildman–Crippen LogP) is 3.53. The van der Waals surface area contributed by atoms with Crippen molar-refractivity contribution < 1.29 is 4.42 Å². The number of oxazole rings is 1. The highest BCUT2D eigenvalue weighted by molar-refractivity contribution is 6.34. The summed E-state index contributed by atoms with van der Waals surface area (Å²) in [5.74, 6) is 1.08. The molecule has 0 aliphatic heterocycles. The number of nitrogens with zero attached hydrogens (tertiary/aromatic N) is 1. The van der Waals surface area contributed by atoms with Gasteiger partial charge in [0.25, 0.3) is 0 Å². The first-order valence-electron chi connectivity index (χ1n) is 5.38. The molecule has 0 saturated heterocycles. The molecule has 0 amide bonds. The Morgan fingerprint density at radius 2 is 2.19 bits per heavy atom. The van der Waals surface area contributed by atoms with E-state index in [1.54, 1.807) is 6.07 Å². The van der Waals surface area contributed by atoms with Crippen molar-refractivity contribution in [1.82, 2.24) is 4.98 Å². The van der Waals surface area contributed by atoms with Crippen molar-refractivity contribution in [2.24, 2.45) is 11.7 Å². The van der Waals surface area contributed by atoms with Crippen molar-refractivity contribution in [2.45, 2.75) is 26.3 Å². The monoisotopic (exact) mass is 238 g/mol. The molecule has 0 fully saturated rings. The molecule has 1 heterocycles. The normalized spacial score (nSPS) is 13.6. The van der Waals surface area contributed by atoms with Gasteiger partial charge in [-0.2, -0.15) is 0 Å². The highest BCUT2D eigenvalue weighted by Gasteiger charge is 2.16. The molecule has 3 nitrogen and oxygen atoms in total. The lowest BCUT2D eigenvalue weighted by molar-refractivity contribution is 0.417. The van der Waals surface area contributed by atoms with Gasteiger partial charge in [0, 0.05) is 0 Å². The second-order valence-electron chi connectivity index (χ2n) is 4.38. The van der Waals surface area contributed by atoms with Crippen LogP contribution in [0, 0.1) is 5.92 Å². The summed E-state index contributed by atoms with van der Waals surface area (Å²) in [5, 5.41) is 0.577. The lowest BCUT2D eigenvalue weighted by Crippen LogP contribution is -2.13. The smallest absolute Gasteiger partial charge is 0.212 e. The fourth-order valence-electron chi connectivity index (χ4n) is 1.70. The molecule has 2 N–H and O–H groups in total. The van der Waals surface area contributed by atoms with Gasteiger partial charge in [-0.25, -0.2) is 4.98 Å². The number of hydrogen-bond acceptors (Lipinski definition) is 3. The first kappa shape index (κ1) is 11.4. The number of rotatable bonds is 3. The van der Waals surface area contributed by atoms with Crippen molar-refractivity contribution in [3.63, 3.8) is 0 Å². The van der Waals surface area contributed by atoms with E-state index in [0.29, 0.717) is 22.4 Å². The third kappa shape index (κ3) is 2.20. The summed E-state index contributed by atoms with van der Waals surface area (Å²) >= 11 is 6.01.